The molecule has 2 aromatic carbocycles. The molecule has 106 valence electrons. The summed E-state index contributed by atoms with van der Waals surface area (Å²) in [6.07, 6.45) is 0. The lowest BCUT2D eigenvalue weighted by atomic mass is 9.86. The molecule has 0 saturated heterocycles. The minimum Gasteiger partial charge on any atom is -0.453 e. The van der Waals surface area contributed by atoms with Gasteiger partial charge in [-0.05, 0) is 23.1 Å². The van der Waals surface area contributed by atoms with E-state index in [1.807, 2.05) is 48.5 Å². The van der Waals surface area contributed by atoms with Crippen LogP contribution in [0, 0.1) is 0 Å². The van der Waals surface area contributed by atoms with Crippen molar-refractivity contribution in [3.63, 3.8) is 0 Å². The van der Waals surface area contributed by atoms with E-state index in [4.69, 9.17) is 4.42 Å². The van der Waals surface area contributed by atoms with E-state index in [-0.39, 0.29) is 11.2 Å². The number of carbonyl (C=O) groups is 1. The van der Waals surface area contributed by atoms with Crippen LogP contribution in [0.25, 0.3) is 11.0 Å². The molecule has 0 radical (unpaired) electrons. The summed E-state index contributed by atoms with van der Waals surface area (Å²) in [5.74, 6) is 0.311. The first-order valence-electron chi connectivity index (χ1n) is 7.09. The zero-order valence-electron chi connectivity index (χ0n) is 12.5. The molecule has 0 amide bonds. The zero-order chi connectivity index (χ0) is 15.0. The molecule has 3 rings (SSSR count). The number of fused-ring (bicyclic) bond motifs is 1. The summed E-state index contributed by atoms with van der Waals surface area (Å²) in [4.78, 5) is 12.5. The molecule has 3 aromatic rings. The Kier molecular flexibility index (Phi) is 3.17. The van der Waals surface area contributed by atoms with Gasteiger partial charge in [0.15, 0.2) is 5.76 Å². The fraction of sp³-hybridized carbons (Fsp3) is 0.211. The number of benzene rings is 2. The van der Waals surface area contributed by atoms with Crippen LogP contribution in [-0.4, -0.2) is 5.78 Å². The summed E-state index contributed by atoms with van der Waals surface area (Å²) in [5, 5.41) is 0.951. The van der Waals surface area contributed by atoms with E-state index in [0.29, 0.717) is 11.3 Å². The summed E-state index contributed by atoms with van der Waals surface area (Å²) >= 11 is 0. The second-order valence-corrected chi connectivity index (χ2v) is 6.30. The van der Waals surface area contributed by atoms with Gasteiger partial charge >= 0.3 is 0 Å². The number of furan rings is 1. The Labute approximate surface area is 124 Å². The molecule has 0 saturated carbocycles. The van der Waals surface area contributed by atoms with Crippen molar-refractivity contribution in [3.8, 4) is 0 Å². The Hall–Kier alpha value is -2.35. The Morgan fingerprint density at radius 2 is 1.62 bits per heavy atom. The van der Waals surface area contributed by atoms with Crippen LogP contribution in [-0.2, 0) is 5.41 Å². The highest BCUT2D eigenvalue weighted by molar-refractivity contribution is 6.09. The summed E-state index contributed by atoms with van der Waals surface area (Å²) < 4.78 is 5.63. The highest BCUT2D eigenvalue weighted by Crippen LogP contribution is 2.24. The van der Waals surface area contributed by atoms with E-state index in [1.54, 1.807) is 6.07 Å². The molecular weight excluding hydrogens is 260 g/mol. The molecule has 0 unspecified atom stereocenters. The molecule has 0 bridgehead atoms. The predicted octanol–water partition coefficient (Wildman–Crippen LogP) is 4.96. The van der Waals surface area contributed by atoms with Crippen LogP contribution in [0.2, 0.25) is 0 Å². The predicted molar refractivity (Wildman–Crippen MR) is 84.8 cm³/mol. The van der Waals surface area contributed by atoms with Gasteiger partial charge in [-0.2, -0.15) is 0 Å². The number of rotatable bonds is 2. The van der Waals surface area contributed by atoms with Crippen molar-refractivity contribution >= 4 is 16.8 Å². The largest absolute Gasteiger partial charge is 0.453 e. The third kappa shape index (κ3) is 2.62. The molecule has 0 aliphatic carbocycles. The van der Waals surface area contributed by atoms with Crippen LogP contribution in [0.3, 0.4) is 0 Å². The third-order valence-corrected chi connectivity index (χ3v) is 3.66. The Balaban J connectivity index is 1.94. The smallest absolute Gasteiger partial charge is 0.228 e. The number of hydrogen-bond acceptors (Lipinski definition) is 2. The van der Waals surface area contributed by atoms with Crippen molar-refractivity contribution in [1.29, 1.82) is 0 Å². The van der Waals surface area contributed by atoms with Gasteiger partial charge in [0.1, 0.15) is 5.58 Å². The molecule has 2 heteroatoms. The SMILES string of the molecule is CC(C)(C)c1ccc(C(=O)c2cc3ccccc3o2)cc1. The van der Waals surface area contributed by atoms with Gasteiger partial charge in [0.05, 0.1) is 0 Å². The van der Waals surface area contributed by atoms with Crippen LogP contribution < -0.4 is 0 Å². The minimum atomic E-state index is -0.0772. The molecule has 2 nitrogen and oxygen atoms in total. The lowest BCUT2D eigenvalue weighted by Crippen LogP contribution is -2.11. The first kappa shape index (κ1) is 13.6. The summed E-state index contributed by atoms with van der Waals surface area (Å²) in [6.45, 7) is 6.47. The van der Waals surface area contributed by atoms with Gasteiger partial charge in [-0.15, -0.1) is 0 Å². The van der Waals surface area contributed by atoms with Gasteiger partial charge in [-0.1, -0.05) is 63.2 Å². The van der Waals surface area contributed by atoms with E-state index in [9.17, 15) is 4.79 Å². The highest BCUT2D eigenvalue weighted by atomic mass is 16.3. The average Bonchev–Trinajstić information content (AvgIpc) is 2.89. The van der Waals surface area contributed by atoms with Crippen LogP contribution in [0.1, 0.15) is 42.5 Å². The normalized spacial score (nSPS) is 11.8. The maximum absolute atomic E-state index is 12.5. The lowest BCUT2D eigenvalue weighted by Gasteiger charge is -2.18. The maximum Gasteiger partial charge on any atom is 0.228 e. The van der Waals surface area contributed by atoms with E-state index in [1.165, 1.54) is 5.56 Å². The van der Waals surface area contributed by atoms with Gasteiger partial charge in [0, 0.05) is 10.9 Å². The van der Waals surface area contributed by atoms with E-state index < -0.39 is 0 Å². The molecule has 0 atom stereocenters. The maximum atomic E-state index is 12.5. The zero-order valence-corrected chi connectivity index (χ0v) is 12.5. The van der Waals surface area contributed by atoms with Crippen LogP contribution in [0.5, 0.6) is 0 Å². The van der Waals surface area contributed by atoms with Crippen LogP contribution in [0.15, 0.2) is 59.0 Å². The average molecular weight is 278 g/mol. The fourth-order valence-corrected chi connectivity index (χ4v) is 2.36. The number of para-hydroxylation sites is 1. The second kappa shape index (κ2) is 4.88. The number of hydrogen-bond donors (Lipinski definition) is 0. The monoisotopic (exact) mass is 278 g/mol. The van der Waals surface area contributed by atoms with Gasteiger partial charge < -0.3 is 4.42 Å². The topological polar surface area (TPSA) is 30.2 Å². The minimum absolute atomic E-state index is 0.0772. The van der Waals surface area contributed by atoms with Crippen LogP contribution in [0.4, 0.5) is 0 Å². The Morgan fingerprint density at radius 3 is 2.24 bits per heavy atom. The summed E-state index contributed by atoms with van der Waals surface area (Å²) in [6, 6.07) is 17.2. The fourth-order valence-electron chi connectivity index (χ4n) is 2.36. The molecule has 0 aliphatic rings. The van der Waals surface area contributed by atoms with E-state index >= 15 is 0 Å². The van der Waals surface area contributed by atoms with Crippen LogP contribution >= 0.6 is 0 Å². The van der Waals surface area contributed by atoms with Gasteiger partial charge in [0.25, 0.3) is 0 Å². The molecule has 0 N–H and O–H groups in total. The van der Waals surface area contributed by atoms with Gasteiger partial charge in [0.2, 0.25) is 5.78 Å². The molecular formula is C19H18O2. The van der Waals surface area contributed by atoms with Crippen molar-refractivity contribution < 1.29 is 9.21 Å². The molecule has 21 heavy (non-hydrogen) atoms. The van der Waals surface area contributed by atoms with Crippen molar-refractivity contribution in [1.82, 2.24) is 0 Å². The second-order valence-electron chi connectivity index (χ2n) is 6.30. The molecule has 0 spiro atoms. The molecule has 1 aromatic heterocycles. The van der Waals surface area contributed by atoms with Crippen molar-refractivity contribution in [2.45, 2.75) is 26.2 Å². The quantitative estimate of drug-likeness (QED) is 0.620. The van der Waals surface area contributed by atoms with Crippen molar-refractivity contribution in [3.05, 3.63) is 71.5 Å². The first-order chi connectivity index (χ1) is 9.95. The van der Waals surface area contributed by atoms with Crippen molar-refractivity contribution in [2.75, 3.05) is 0 Å². The Morgan fingerprint density at radius 1 is 0.952 bits per heavy atom. The standard InChI is InChI=1S/C19H18O2/c1-19(2,3)15-10-8-13(9-11-15)18(20)17-12-14-6-4-5-7-16(14)21-17/h4-12H,1-3H3. The van der Waals surface area contributed by atoms with Crippen molar-refractivity contribution in [2.24, 2.45) is 0 Å². The molecule has 0 fully saturated rings. The Bertz CT molecular complexity index is 753. The highest BCUT2D eigenvalue weighted by Gasteiger charge is 2.17. The lowest BCUT2D eigenvalue weighted by molar-refractivity contribution is 0.101. The molecule has 0 aliphatic heterocycles. The summed E-state index contributed by atoms with van der Waals surface area (Å²) in [5.41, 5.74) is 2.69. The van der Waals surface area contributed by atoms with Gasteiger partial charge in [-0.3, -0.25) is 4.79 Å². The van der Waals surface area contributed by atoms with E-state index in [0.717, 1.165) is 11.0 Å². The number of ketones is 1. The number of carbonyl (C=O) groups excluding carboxylic acids is 1. The van der Waals surface area contributed by atoms with E-state index in [2.05, 4.69) is 20.8 Å². The van der Waals surface area contributed by atoms with Gasteiger partial charge in [-0.25, -0.2) is 0 Å². The summed E-state index contributed by atoms with van der Waals surface area (Å²) in [7, 11) is 0. The molecule has 1 heterocycles. The first-order valence-corrected chi connectivity index (χ1v) is 7.09. The third-order valence-electron chi connectivity index (χ3n) is 3.66.